The molecule has 0 N–H and O–H groups in total. The highest BCUT2D eigenvalue weighted by atomic mass is 19.1. The molecule has 2 aromatic rings. The first kappa shape index (κ1) is 24.5. The van der Waals surface area contributed by atoms with E-state index in [-0.39, 0.29) is 34.2 Å². The number of piperidine rings is 2. The van der Waals surface area contributed by atoms with Crippen LogP contribution in [-0.2, 0) is 9.47 Å². The van der Waals surface area contributed by atoms with Gasteiger partial charge in [0.2, 0.25) is 0 Å². The quantitative estimate of drug-likeness (QED) is 0.351. The molecule has 6 aliphatic carbocycles. The molecule has 0 radical (unpaired) electrons. The van der Waals surface area contributed by atoms with Crippen LogP contribution in [0.4, 0.5) is 8.78 Å². The normalized spacial score (nSPS) is 47.1. The summed E-state index contributed by atoms with van der Waals surface area (Å²) in [6, 6.07) is 11.9. The van der Waals surface area contributed by atoms with Crippen molar-refractivity contribution in [1.82, 2.24) is 4.90 Å². The lowest BCUT2D eigenvalue weighted by atomic mass is 9.39. The van der Waals surface area contributed by atoms with Crippen molar-refractivity contribution in [3.8, 4) is 0 Å². The number of carbonyl (C=O) groups excluding carboxylic acids is 2. The molecule has 3 aliphatic heterocycles. The maximum absolute atomic E-state index is 13.6. The number of hydrogen-bond acceptors (Lipinski definition) is 5. The maximum atomic E-state index is 13.6. The van der Waals surface area contributed by atoms with E-state index in [1.807, 2.05) is 0 Å². The van der Waals surface area contributed by atoms with Gasteiger partial charge in [0.15, 0.2) is 0 Å². The zero-order valence-corrected chi connectivity index (χ0v) is 23.0. The van der Waals surface area contributed by atoms with Gasteiger partial charge in [-0.05, 0) is 102 Å². The number of rotatable bonds is 4. The lowest BCUT2D eigenvalue weighted by molar-refractivity contribution is -0.213. The van der Waals surface area contributed by atoms with Crippen LogP contribution in [0.3, 0.4) is 0 Å². The van der Waals surface area contributed by atoms with Crippen LogP contribution in [-0.4, -0.2) is 47.7 Å². The smallest absolute Gasteiger partial charge is 0.338 e. The van der Waals surface area contributed by atoms with E-state index in [4.69, 9.17) is 9.47 Å². The van der Waals surface area contributed by atoms with Gasteiger partial charge in [0, 0.05) is 35.9 Å². The number of fused-ring (bicyclic) bond motifs is 1. The Balaban J connectivity index is 1.16. The van der Waals surface area contributed by atoms with Crippen LogP contribution >= 0.6 is 0 Å². The van der Waals surface area contributed by atoms with Crippen molar-refractivity contribution >= 4 is 11.9 Å². The summed E-state index contributed by atoms with van der Waals surface area (Å²) in [5, 5.41) is 0. The molecular formula is C34H33F2NO4. The van der Waals surface area contributed by atoms with E-state index in [9.17, 15) is 18.4 Å². The highest BCUT2D eigenvalue weighted by Crippen LogP contribution is 2.87. The van der Waals surface area contributed by atoms with Gasteiger partial charge in [0.05, 0.1) is 11.1 Å². The van der Waals surface area contributed by atoms with Gasteiger partial charge in [-0.15, -0.1) is 0 Å². The lowest BCUT2D eigenvalue weighted by Crippen LogP contribution is -2.69. The van der Waals surface area contributed by atoms with E-state index in [2.05, 4.69) is 18.4 Å². The molecule has 0 aromatic heterocycles. The number of esters is 2. The molecule has 9 aliphatic rings. The van der Waals surface area contributed by atoms with Gasteiger partial charge in [-0.25, -0.2) is 18.4 Å². The Hall–Kier alpha value is -3.06. The van der Waals surface area contributed by atoms with Crippen molar-refractivity contribution in [2.75, 3.05) is 6.54 Å². The first-order valence-corrected chi connectivity index (χ1v) is 15.1. The molecule has 41 heavy (non-hydrogen) atoms. The molecule has 5 nitrogen and oxygen atoms in total. The fraction of sp³-hybridized carbons (Fsp3) is 0.529. The molecule has 12 atom stereocenters. The van der Waals surface area contributed by atoms with E-state index in [0.29, 0.717) is 35.0 Å². The second-order valence-electron chi connectivity index (χ2n) is 14.3. The van der Waals surface area contributed by atoms with Gasteiger partial charge in [0.1, 0.15) is 23.8 Å². The predicted octanol–water partition coefficient (Wildman–Crippen LogP) is 5.80. The number of halogens is 2. The fourth-order valence-corrected chi connectivity index (χ4v) is 12.3. The molecule has 2 unspecified atom stereocenters. The maximum Gasteiger partial charge on any atom is 0.338 e. The fourth-order valence-electron chi connectivity index (χ4n) is 12.3. The van der Waals surface area contributed by atoms with Crippen molar-refractivity contribution in [3.05, 3.63) is 83.4 Å². The van der Waals surface area contributed by atoms with Crippen LogP contribution in [0, 0.1) is 51.6 Å². The third kappa shape index (κ3) is 2.71. The van der Waals surface area contributed by atoms with Crippen molar-refractivity contribution in [3.63, 3.8) is 0 Å². The molecule has 2 aromatic carbocycles. The third-order valence-electron chi connectivity index (χ3n) is 12.9. The molecule has 6 saturated carbocycles. The van der Waals surface area contributed by atoms with E-state index in [1.165, 1.54) is 55.0 Å². The standard InChI is InChI=1S/C34H33F2NO4/c1-17-22-14-23-28-33-13-3-12-32(2)16-37(28)24(26(32)33)15-34(23,29(17)41-31(39)19-6-10-21(36)11-7-19)27(33)25(22)40-30(38)18-4-8-20(35)9-5-18/h4-11,22-29H,1,3,12-16H2,2H3/t22-,23-,24+,25+,26-,27+,28?,29-,32+,33+,34-/m1/s1. The molecule has 11 rings (SSSR count). The minimum absolute atomic E-state index is 0.0164. The van der Waals surface area contributed by atoms with Crippen molar-refractivity contribution in [2.24, 2.45) is 39.9 Å². The molecular weight excluding hydrogens is 524 g/mol. The largest absolute Gasteiger partial charge is 0.458 e. The first-order chi connectivity index (χ1) is 19.7. The average Bonchev–Trinajstić information content (AvgIpc) is 3.38. The van der Waals surface area contributed by atoms with Crippen molar-refractivity contribution < 1.29 is 27.8 Å². The monoisotopic (exact) mass is 557 g/mol. The van der Waals surface area contributed by atoms with E-state index in [1.54, 1.807) is 0 Å². The Morgan fingerprint density at radius 2 is 1.54 bits per heavy atom. The van der Waals surface area contributed by atoms with Crippen LogP contribution in [0.25, 0.3) is 0 Å². The minimum atomic E-state index is -0.465. The summed E-state index contributed by atoms with van der Waals surface area (Å²) < 4.78 is 40.2. The number of ether oxygens (including phenoxy) is 2. The molecule has 7 heteroatoms. The summed E-state index contributed by atoms with van der Waals surface area (Å²) in [5.74, 6) is -0.841. The molecule has 0 amide bonds. The van der Waals surface area contributed by atoms with Crippen molar-refractivity contribution in [2.45, 2.75) is 63.3 Å². The Morgan fingerprint density at radius 3 is 2.20 bits per heavy atom. The van der Waals surface area contributed by atoms with Gasteiger partial charge < -0.3 is 9.47 Å². The topological polar surface area (TPSA) is 55.8 Å². The van der Waals surface area contributed by atoms with Crippen LogP contribution in [0.1, 0.15) is 59.7 Å². The molecule has 3 heterocycles. The average molecular weight is 558 g/mol. The second kappa shape index (κ2) is 7.66. The first-order valence-electron chi connectivity index (χ1n) is 15.1. The van der Waals surface area contributed by atoms with Gasteiger partial charge in [-0.2, -0.15) is 0 Å². The summed E-state index contributed by atoms with van der Waals surface area (Å²) >= 11 is 0. The van der Waals surface area contributed by atoms with Crippen LogP contribution < -0.4 is 0 Å². The zero-order chi connectivity index (χ0) is 28.1. The second-order valence-corrected chi connectivity index (χ2v) is 14.3. The van der Waals surface area contributed by atoms with Gasteiger partial charge in [-0.1, -0.05) is 19.9 Å². The molecule has 3 saturated heterocycles. The van der Waals surface area contributed by atoms with Gasteiger partial charge in [-0.3, -0.25) is 4.90 Å². The molecule has 212 valence electrons. The minimum Gasteiger partial charge on any atom is -0.458 e. The Bertz CT molecular complexity index is 1520. The number of nitrogens with zero attached hydrogens (tertiary/aromatic N) is 1. The SMILES string of the molecule is C=C1[C@H]2C[C@@H]3C4N5C[C@]6(C)CCC[C@@]47[C@@H]6[C@@H]5C[C@]3([C@@H]1OC(=O)c1ccc(F)cc1)[C@H]7[C@H]2OC(=O)c1ccc(F)cc1. The molecule has 9 bridgehead atoms. The lowest BCUT2D eigenvalue weighted by Gasteiger charge is -2.66. The highest BCUT2D eigenvalue weighted by molar-refractivity contribution is 5.90. The summed E-state index contributed by atoms with van der Waals surface area (Å²) in [6.45, 7) is 8.10. The Kier molecular flexibility index (Phi) is 4.58. The summed E-state index contributed by atoms with van der Waals surface area (Å²) in [4.78, 5) is 29.9. The number of benzene rings is 2. The van der Waals surface area contributed by atoms with E-state index < -0.39 is 29.7 Å². The summed E-state index contributed by atoms with van der Waals surface area (Å²) in [6.07, 6.45) is 4.46. The van der Waals surface area contributed by atoms with Crippen LogP contribution in [0.5, 0.6) is 0 Å². The van der Waals surface area contributed by atoms with Crippen LogP contribution in [0.15, 0.2) is 60.7 Å². The number of carbonyl (C=O) groups is 2. The Morgan fingerprint density at radius 1 is 0.902 bits per heavy atom. The Labute approximate surface area is 237 Å². The molecule has 2 spiro atoms. The van der Waals surface area contributed by atoms with E-state index >= 15 is 0 Å². The van der Waals surface area contributed by atoms with Crippen molar-refractivity contribution in [1.29, 1.82) is 0 Å². The zero-order valence-electron chi connectivity index (χ0n) is 23.0. The van der Waals surface area contributed by atoms with E-state index in [0.717, 1.165) is 37.8 Å². The third-order valence-corrected chi connectivity index (χ3v) is 12.9. The predicted molar refractivity (Wildman–Crippen MR) is 145 cm³/mol. The number of hydrogen-bond donors (Lipinski definition) is 0. The highest BCUT2D eigenvalue weighted by Gasteiger charge is 2.90. The molecule has 9 fully saturated rings. The van der Waals surface area contributed by atoms with Gasteiger partial charge >= 0.3 is 11.9 Å². The summed E-state index contributed by atoms with van der Waals surface area (Å²) in [5.41, 5.74) is 1.43. The van der Waals surface area contributed by atoms with Crippen LogP contribution in [0.2, 0.25) is 0 Å². The summed E-state index contributed by atoms with van der Waals surface area (Å²) in [7, 11) is 0. The van der Waals surface area contributed by atoms with Gasteiger partial charge in [0.25, 0.3) is 0 Å².